The molecule has 0 heterocycles. The van der Waals surface area contributed by atoms with Crippen LogP contribution in [0.5, 0.6) is 0 Å². The molecule has 0 aromatic rings. The number of carbonyl (C=O) groups is 2. The van der Waals surface area contributed by atoms with Crippen molar-refractivity contribution in [3.63, 3.8) is 0 Å². The fourth-order valence-electron chi connectivity index (χ4n) is 1.38. The zero-order chi connectivity index (χ0) is 11.5. The minimum atomic E-state index is -1.05. The lowest BCUT2D eigenvalue weighted by molar-refractivity contribution is -0.115. The molecular weight excluding hydrogens is 182 g/mol. The summed E-state index contributed by atoms with van der Waals surface area (Å²) in [5, 5.41) is 9.03. The molecular formula is C10H19NO3. The molecule has 0 radical (unpaired) electrons. The minimum absolute atomic E-state index is 0.0113. The molecule has 0 aromatic heterocycles. The van der Waals surface area contributed by atoms with Gasteiger partial charge in [0.15, 0.2) is 0 Å². The molecule has 0 fully saturated rings. The van der Waals surface area contributed by atoms with E-state index in [-0.39, 0.29) is 5.92 Å². The Morgan fingerprint density at radius 1 is 1.36 bits per heavy atom. The molecule has 0 aromatic carbocycles. The second-order valence-electron chi connectivity index (χ2n) is 4.69. The van der Waals surface area contributed by atoms with Gasteiger partial charge < -0.3 is 9.90 Å². The van der Waals surface area contributed by atoms with E-state index in [1.165, 1.54) is 4.90 Å². The molecule has 14 heavy (non-hydrogen) atoms. The molecule has 0 aliphatic rings. The van der Waals surface area contributed by atoms with Crippen LogP contribution in [0.25, 0.3) is 0 Å². The fourth-order valence-corrected chi connectivity index (χ4v) is 1.38. The normalized spacial score (nSPS) is 13.9. The molecule has 1 atom stereocenters. The molecule has 1 N–H and O–H groups in total. The van der Waals surface area contributed by atoms with Crippen LogP contribution >= 0.6 is 0 Å². The van der Waals surface area contributed by atoms with E-state index < -0.39 is 17.7 Å². The molecule has 4 heteroatoms. The van der Waals surface area contributed by atoms with Gasteiger partial charge >= 0.3 is 6.09 Å². The summed E-state index contributed by atoms with van der Waals surface area (Å²) in [5.74, 6) is -0.0113. The van der Waals surface area contributed by atoms with Crippen LogP contribution in [0.3, 0.4) is 0 Å². The first-order valence-corrected chi connectivity index (χ1v) is 4.69. The number of amides is 1. The van der Waals surface area contributed by atoms with Crippen molar-refractivity contribution in [2.24, 2.45) is 5.92 Å². The Labute approximate surface area is 84.9 Å². The molecule has 82 valence electrons. The molecule has 0 saturated heterocycles. The lowest BCUT2D eigenvalue weighted by atomic mass is 9.97. The Balaban J connectivity index is 4.99. The first-order chi connectivity index (χ1) is 6.21. The lowest BCUT2D eigenvalue weighted by Crippen LogP contribution is -2.53. The van der Waals surface area contributed by atoms with E-state index in [4.69, 9.17) is 5.11 Å². The SMILES string of the molecule is CC(C)[C@@H](C=O)N(C(=O)O)C(C)(C)C. The summed E-state index contributed by atoms with van der Waals surface area (Å²) < 4.78 is 0. The standard InChI is InChI=1S/C10H19NO3/c1-7(2)8(6-12)11(9(13)14)10(3,4)5/h6-8H,1-5H3,(H,13,14)/t8-/m1/s1. The number of carbonyl (C=O) groups excluding carboxylic acids is 1. The van der Waals surface area contributed by atoms with Crippen LogP contribution in [0.15, 0.2) is 0 Å². The molecule has 0 aliphatic carbocycles. The van der Waals surface area contributed by atoms with Crippen molar-refractivity contribution in [1.29, 1.82) is 0 Å². The Bertz CT molecular complexity index is 218. The van der Waals surface area contributed by atoms with Crippen LogP contribution in [0.1, 0.15) is 34.6 Å². The highest BCUT2D eigenvalue weighted by Crippen LogP contribution is 2.20. The largest absolute Gasteiger partial charge is 0.465 e. The second kappa shape index (κ2) is 4.44. The molecule has 4 nitrogen and oxygen atoms in total. The maximum atomic E-state index is 11.0. The quantitative estimate of drug-likeness (QED) is 0.710. The zero-order valence-electron chi connectivity index (χ0n) is 9.44. The van der Waals surface area contributed by atoms with Crippen molar-refractivity contribution in [3.8, 4) is 0 Å². The van der Waals surface area contributed by atoms with Crippen molar-refractivity contribution in [2.45, 2.75) is 46.2 Å². The summed E-state index contributed by atoms with van der Waals surface area (Å²) in [6, 6.07) is -0.576. The summed E-state index contributed by atoms with van der Waals surface area (Å²) in [6.07, 6.45) is -0.354. The average molecular weight is 201 g/mol. The van der Waals surface area contributed by atoms with E-state index >= 15 is 0 Å². The molecule has 1 amide bonds. The van der Waals surface area contributed by atoms with Crippen molar-refractivity contribution < 1.29 is 14.7 Å². The van der Waals surface area contributed by atoms with Crippen molar-refractivity contribution in [3.05, 3.63) is 0 Å². The van der Waals surface area contributed by atoms with Gasteiger partial charge in [0, 0.05) is 5.54 Å². The Hall–Kier alpha value is -1.06. The third-order valence-electron chi connectivity index (χ3n) is 2.05. The maximum absolute atomic E-state index is 11.0. The van der Waals surface area contributed by atoms with Gasteiger partial charge in [0.2, 0.25) is 0 Å². The van der Waals surface area contributed by atoms with Gasteiger partial charge in [-0.3, -0.25) is 4.90 Å². The first-order valence-electron chi connectivity index (χ1n) is 4.69. The Morgan fingerprint density at radius 3 is 1.86 bits per heavy atom. The number of nitrogens with zero attached hydrogens (tertiary/aromatic N) is 1. The fraction of sp³-hybridized carbons (Fsp3) is 0.800. The van der Waals surface area contributed by atoms with E-state index in [1.54, 1.807) is 20.8 Å². The van der Waals surface area contributed by atoms with Gasteiger partial charge in [-0.05, 0) is 26.7 Å². The molecule has 0 bridgehead atoms. The minimum Gasteiger partial charge on any atom is -0.465 e. The van der Waals surface area contributed by atoms with Crippen molar-refractivity contribution >= 4 is 12.4 Å². The highest BCUT2D eigenvalue weighted by atomic mass is 16.4. The average Bonchev–Trinajstić information content (AvgIpc) is 1.95. The summed E-state index contributed by atoms with van der Waals surface area (Å²) >= 11 is 0. The predicted octanol–water partition coefficient (Wildman–Crippen LogP) is 1.99. The second-order valence-corrected chi connectivity index (χ2v) is 4.69. The molecule has 0 unspecified atom stereocenters. The predicted molar refractivity (Wildman–Crippen MR) is 54.3 cm³/mol. The van der Waals surface area contributed by atoms with Crippen LogP contribution in [0.4, 0.5) is 4.79 Å². The van der Waals surface area contributed by atoms with Crippen LogP contribution in [0, 0.1) is 5.92 Å². The summed E-state index contributed by atoms with van der Waals surface area (Å²) in [7, 11) is 0. The van der Waals surface area contributed by atoms with E-state index in [0.29, 0.717) is 6.29 Å². The van der Waals surface area contributed by atoms with Crippen LogP contribution < -0.4 is 0 Å². The molecule has 0 aliphatic heterocycles. The molecule has 0 saturated carbocycles. The van der Waals surface area contributed by atoms with E-state index in [1.807, 2.05) is 13.8 Å². The number of rotatable bonds is 3. The number of hydrogen-bond acceptors (Lipinski definition) is 2. The number of hydrogen-bond donors (Lipinski definition) is 1. The van der Waals surface area contributed by atoms with E-state index in [2.05, 4.69) is 0 Å². The lowest BCUT2D eigenvalue weighted by Gasteiger charge is -2.38. The Morgan fingerprint density at radius 2 is 1.79 bits per heavy atom. The van der Waals surface area contributed by atoms with Gasteiger partial charge in [-0.25, -0.2) is 4.79 Å². The monoisotopic (exact) mass is 201 g/mol. The zero-order valence-corrected chi connectivity index (χ0v) is 9.44. The molecule has 0 rings (SSSR count). The van der Waals surface area contributed by atoms with Crippen molar-refractivity contribution in [2.75, 3.05) is 0 Å². The van der Waals surface area contributed by atoms with Gasteiger partial charge in [-0.2, -0.15) is 0 Å². The third-order valence-corrected chi connectivity index (χ3v) is 2.05. The smallest absolute Gasteiger partial charge is 0.408 e. The van der Waals surface area contributed by atoms with Gasteiger partial charge in [-0.15, -0.1) is 0 Å². The van der Waals surface area contributed by atoms with E-state index in [0.717, 1.165) is 0 Å². The maximum Gasteiger partial charge on any atom is 0.408 e. The summed E-state index contributed by atoms with van der Waals surface area (Å²) in [5.41, 5.74) is -0.554. The number of aldehydes is 1. The third kappa shape index (κ3) is 3.01. The van der Waals surface area contributed by atoms with E-state index in [9.17, 15) is 9.59 Å². The van der Waals surface area contributed by atoms with Gasteiger partial charge in [0.25, 0.3) is 0 Å². The first kappa shape index (κ1) is 12.9. The summed E-state index contributed by atoms with van der Waals surface area (Å²) in [6.45, 7) is 9.00. The van der Waals surface area contributed by atoms with Gasteiger partial charge in [0.1, 0.15) is 6.29 Å². The molecule has 0 spiro atoms. The topological polar surface area (TPSA) is 57.6 Å². The highest BCUT2D eigenvalue weighted by Gasteiger charge is 2.34. The van der Waals surface area contributed by atoms with Crippen LogP contribution in [0.2, 0.25) is 0 Å². The number of carboxylic acid groups (broad SMARTS) is 1. The van der Waals surface area contributed by atoms with Gasteiger partial charge in [-0.1, -0.05) is 13.8 Å². The van der Waals surface area contributed by atoms with Crippen molar-refractivity contribution in [1.82, 2.24) is 4.90 Å². The Kier molecular flexibility index (Phi) is 4.10. The van der Waals surface area contributed by atoms with Crippen LogP contribution in [-0.2, 0) is 4.79 Å². The highest BCUT2D eigenvalue weighted by molar-refractivity contribution is 5.72. The summed E-state index contributed by atoms with van der Waals surface area (Å²) in [4.78, 5) is 23.1. The van der Waals surface area contributed by atoms with Gasteiger partial charge in [0.05, 0.1) is 6.04 Å². The van der Waals surface area contributed by atoms with Crippen LogP contribution in [-0.4, -0.2) is 34.0 Å².